The fourth-order valence-corrected chi connectivity index (χ4v) is 8.84. The molecule has 0 aliphatic heterocycles. The summed E-state index contributed by atoms with van der Waals surface area (Å²) in [4.78, 5) is 37.6. The lowest BCUT2D eigenvalue weighted by molar-refractivity contribution is -0.870. The number of hydrogen-bond donors (Lipinski definition) is 2. The van der Waals surface area contributed by atoms with Crippen molar-refractivity contribution >= 4 is 19.7 Å². The number of phosphoric acid groups is 1. The summed E-state index contributed by atoms with van der Waals surface area (Å²) in [5.74, 6) is -0.547. The zero-order chi connectivity index (χ0) is 52.2. The highest BCUT2D eigenvalue weighted by atomic mass is 31.2. The molecule has 0 radical (unpaired) electrons. The van der Waals surface area contributed by atoms with Crippen LogP contribution in [-0.2, 0) is 27.9 Å². The van der Waals surface area contributed by atoms with Gasteiger partial charge in [-0.2, -0.15) is 0 Å². The monoisotopic (exact) mass is 1020 g/mol. The van der Waals surface area contributed by atoms with Crippen molar-refractivity contribution in [3.8, 4) is 0 Å². The van der Waals surface area contributed by atoms with Gasteiger partial charge in [0, 0.05) is 12.8 Å². The third-order valence-corrected chi connectivity index (χ3v) is 13.6. The SMILES string of the molecule is CC/C=C/C/C=C/C/C=C/C/C=C/CCCCCC(=O)NC(COP(=O)(O)OCC[N+](C)(C)C)C(/C=C/CCCCCCCCCCCC)OC(=O)CCCCCCCCC/C=C/CCCCCCCC. The van der Waals surface area contributed by atoms with E-state index in [1.807, 2.05) is 33.3 Å². The van der Waals surface area contributed by atoms with Gasteiger partial charge in [0.1, 0.15) is 19.3 Å². The predicted octanol–water partition coefficient (Wildman–Crippen LogP) is 17.7. The van der Waals surface area contributed by atoms with Crippen LogP contribution in [0, 0.1) is 0 Å². The summed E-state index contributed by atoms with van der Waals surface area (Å²) in [5.41, 5.74) is 0. The average Bonchev–Trinajstić information content (AvgIpc) is 3.33. The Labute approximate surface area is 438 Å². The van der Waals surface area contributed by atoms with E-state index in [4.69, 9.17) is 13.8 Å². The van der Waals surface area contributed by atoms with E-state index < -0.39 is 20.0 Å². The zero-order valence-corrected chi connectivity index (χ0v) is 47.8. The van der Waals surface area contributed by atoms with Crippen molar-refractivity contribution < 1.29 is 37.3 Å². The summed E-state index contributed by atoms with van der Waals surface area (Å²) in [6, 6.07) is -0.868. The lowest BCUT2D eigenvalue weighted by Crippen LogP contribution is -2.47. The summed E-state index contributed by atoms with van der Waals surface area (Å²) in [6.07, 6.45) is 64.7. The smallest absolute Gasteiger partial charge is 0.456 e. The van der Waals surface area contributed by atoms with E-state index in [1.54, 1.807) is 0 Å². The summed E-state index contributed by atoms with van der Waals surface area (Å²) in [7, 11) is 1.47. The van der Waals surface area contributed by atoms with E-state index in [0.717, 1.165) is 96.3 Å². The maximum atomic E-state index is 13.5. The van der Waals surface area contributed by atoms with Crippen LogP contribution in [0.5, 0.6) is 0 Å². The first-order valence-electron chi connectivity index (χ1n) is 29.3. The van der Waals surface area contributed by atoms with E-state index in [2.05, 4.69) is 86.8 Å². The molecule has 0 fully saturated rings. The number of phosphoric ester groups is 1. The normalized spacial score (nSPS) is 14.3. The summed E-state index contributed by atoms with van der Waals surface area (Å²) in [5, 5.41) is 3.03. The maximum absolute atomic E-state index is 13.5. The van der Waals surface area contributed by atoms with Crippen LogP contribution in [0.4, 0.5) is 0 Å². The lowest BCUT2D eigenvalue weighted by atomic mass is 10.0. The molecule has 0 aromatic rings. The molecule has 0 aromatic heterocycles. The number of rotatable bonds is 52. The highest BCUT2D eigenvalue weighted by molar-refractivity contribution is 7.47. The minimum absolute atomic E-state index is 0.0308. The van der Waals surface area contributed by atoms with Crippen LogP contribution in [0.3, 0.4) is 0 Å². The fourth-order valence-electron chi connectivity index (χ4n) is 8.10. The van der Waals surface area contributed by atoms with Crippen molar-refractivity contribution in [1.82, 2.24) is 5.32 Å². The topological polar surface area (TPSA) is 111 Å². The van der Waals surface area contributed by atoms with E-state index in [1.165, 1.54) is 116 Å². The highest BCUT2D eigenvalue weighted by Gasteiger charge is 2.30. The number of unbranched alkanes of at least 4 members (excludes halogenated alkanes) is 26. The summed E-state index contributed by atoms with van der Waals surface area (Å²) in [6.45, 7) is 6.86. The number of amides is 1. The Morgan fingerprint density at radius 2 is 0.901 bits per heavy atom. The first kappa shape index (κ1) is 68.5. The summed E-state index contributed by atoms with van der Waals surface area (Å²) >= 11 is 0. The molecule has 0 heterocycles. The lowest BCUT2D eigenvalue weighted by Gasteiger charge is -2.27. The van der Waals surface area contributed by atoms with Gasteiger partial charge in [0.25, 0.3) is 0 Å². The fraction of sp³-hybridized carbons (Fsp3) is 0.770. The average molecular weight is 1020 g/mol. The van der Waals surface area contributed by atoms with Crippen LogP contribution in [0.15, 0.2) is 72.9 Å². The molecule has 412 valence electrons. The minimum Gasteiger partial charge on any atom is -0.456 e. The molecule has 0 rings (SSSR count). The molecule has 0 aromatic carbocycles. The molecular weight excluding hydrogens is 904 g/mol. The number of carbonyl (C=O) groups is 2. The predicted molar refractivity (Wildman–Crippen MR) is 305 cm³/mol. The van der Waals surface area contributed by atoms with Gasteiger partial charge in [-0.3, -0.25) is 18.6 Å². The van der Waals surface area contributed by atoms with Crippen LogP contribution >= 0.6 is 7.82 Å². The molecule has 1 amide bonds. The van der Waals surface area contributed by atoms with Crippen LogP contribution in [0.1, 0.15) is 252 Å². The van der Waals surface area contributed by atoms with Crippen LogP contribution < -0.4 is 5.32 Å². The molecule has 0 spiro atoms. The second-order valence-corrected chi connectivity index (χ2v) is 22.2. The van der Waals surface area contributed by atoms with Crippen molar-refractivity contribution in [2.75, 3.05) is 40.9 Å². The van der Waals surface area contributed by atoms with E-state index in [-0.39, 0.29) is 31.5 Å². The largest absolute Gasteiger partial charge is 0.472 e. The standard InChI is InChI=1S/C61H111N2O7P/c1-7-10-13-16-19-22-25-28-30-32-34-36-39-42-45-48-51-54-61(65)70-59(52-49-46-43-40-37-27-24-21-18-15-12-9-3)58(57-69-71(66,67)68-56-55-63(4,5)6)62-60(64)53-50-47-44-41-38-35-33-31-29-26-23-20-17-14-11-8-2/h11,14,20,23,28-31,35,38,49,52,58-59H,7-10,12-13,15-19,21-22,24-27,32-34,36-37,39-48,50-51,53-57H2,1-6H3,(H-,62,64,66,67)/p+1/b14-11+,23-20+,30-28+,31-29+,38-35+,52-49+. The van der Waals surface area contributed by atoms with Crippen molar-refractivity contribution in [3.63, 3.8) is 0 Å². The molecule has 71 heavy (non-hydrogen) atoms. The Morgan fingerprint density at radius 1 is 0.507 bits per heavy atom. The van der Waals surface area contributed by atoms with E-state index in [0.29, 0.717) is 23.9 Å². The van der Waals surface area contributed by atoms with Gasteiger partial charge in [-0.1, -0.05) is 216 Å². The molecule has 2 N–H and O–H groups in total. The Kier molecular flexibility index (Phi) is 49.1. The van der Waals surface area contributed by atoms with Crippen LogP contribution in [0.2, 0.25) is 0 Å². The van der Waals surface area contributed by atoms with Crippen molar-refractivity contribution in [1.29, 1.82) is 0 Å². The Balaban J connectivity index is 5.39. The number of carbonyl (C=O) groups excluding carboxylic acids is 2. The Morgan fingerprint density at radius 3 is 1.38 bits per heavy atom. The van der Waals surface area contributed by atoms with Crippen molar-refractivity contribution in [2.45, 2.75) is 264 Å². The molecule has 0 aliphatic rings. The molecule has 3 atom stereocenters. The number of nitrogens with one attached hydrogen (secondary N) is 1. The number of likely N-dealkylation sites (N-methyl/N-ethyl adjacent to an activating group) is 1. The first-order chi connectivity index (χ1) is 34.4. The van der Waals surface area contributed by atoms with E-state index >= 15 is 0 Å². The molecule has 3 unspecified atom stereocenters. The van der Waals surface area contributed by atoms with Crippen LogP contribution in [0.25, 0.3) is 0 Å². The molecule has 10 heteroatoms. The second-order valence-electron chi connectivity index (χ2n) is 20.8. The molecule has 9 nitrogen and oxygen atoms in total. The summed E-state index contributed by atoms with van der Waals surface area (Å²) < 4.78 is 30.6. The van der Waals surface area contributed by atoms with Gasteiger partial charge in [-0.25, -0.2) is 4.57 Å². The number of esters is 1. The quantitative estimate of drug-likeness (QED) is 0.0205. The number of quaternary nitrogens is 1. The number of hydrogen-bond acceptors (Lipinski definition) is 6. The first-order valence-corrected chi connectivity index (χ1v) is 30.8. The third-order valence-electron chi connectivity index (χ3n) is 12.6. The zero-order valence-electron chi connectivity index (χ0n) is 47.0. The molecule has 0 aliphatic carbocycles. The molecule has 0 saturated carbocycles. The van der Waals surface area contributed by atoms with Gasteiger partial charge >= 0.3 is 13.8 Å². The molecule has 0 bridgehead atoms. The maximum Gasteiger partial charge on any atom is 0.472 e. The second kappa shape index (κ2) is 51.0. The molecule has 0 saturated heterocycles. The van der Waals surface area contributed by atoms with Crippen molar-refractivity contribution in [2.24, 2.45) is 0 Å². The minimum atomic E-state index is -4.46. The van der Waals surface area contributed by atoms with Gasteiger partial charge in [-0.05, 0) is 96.0 Å². The Bertz CT molecular complexity index is 1450. The van der Waals surface area contributed by atoms with E-state index in [9.17, 15) is 19.0 Å². The highest BCUT2D eigenvalue weighted by Crippen LogP contribution is 2.43. The van der Waals surface area contributed by atoms with Crippen molar-refractivity contribution in [3.05, 3.63) is 72.9 Å². The van der Waals surface area contributed by atoms with Crippen LogP contribution in [-0.4, -0.2) is 74.3 Å². The number of nitrogens with zero attached hydrogens (tertiary/aromatic N) is 1. The number of allylic oxidation sites excluding steroid dienone is 11. The van der Waals surface area contributed by atoms with Gasteiger partial charge in [0.05, 0.1) is 33.8 Å². The van der Waals surface area contributed by atoms with Gasteiger partial charge in [0.15, 0.2) is 0 Å². The van der Waals surface area contributed by atoms with Gasteiger partial charge in [0.2, 0.25) is 5.91 Å². The number of ether oxygens (including phenoxy) is 1. The van der Waals surface area contributed by atoms with Gasteiger partial charge < -0.3 is 19.4 Å². The third kappa shape index (κ3) is 52.1. The van der Waals surface area contributed by atoms with Gasteiger partial charge in [-0.15, -0.1) is 0 Å². The molecular formula is C61H112N2O7P+. The Hall–Kier alpha value is -2.55.